The third kappa shape index (κ3) is 2.33. The van der Waals surface area contributed by atoms with E-state index in [1.807, 2.05) is 26.0 Å². The Balaban J connectivity index is 2.52. The summed E-state index contributed by atoms with van der Waals surface area (Å²) in [6.07, 6.45) is 1.05. The zero-order valence-corrected chi connectivity index (χ0v) is 10.6. The predicted molar refractivity (Wildman–Crippen MR) is 72.4 cm³/mol. The van der Waals surface area contributed by atoms with Gasteiger partial charge in [-0.3, -0.25) is 0 Å². The molecule has 0 bridgehead atoms. The summed E-state index contributed by atoms with van der Waals surface area (Å²) in [6, 6.07) is 12.6. The van der Waals surface area contributed by atoms with Gasteiger partial charge in [-0.25, -0.2) is 0 Å². The molecule has 0 saturated heterocycles. The molecule has 1 nitrogen and oxygen atoms in total. The molecule has 0 spiro atoms. The van der Waals surface area contributed by atoms with E-state index in [-0.39, 0.29) is 0 Å². The second kappa shape index (κ2) is 4.62. The second-order valence-corrected chi connectivity index (χ2v) is 4.51. The van der Waals surface area contributed by atoms with Gasteiger partial charge in [-0.1, -0.05) is 31.2 Å². The number of aromatic hydroxyl groups is 1. The van der Waals surface area contributed by atoms with E-state index < -0.39 is 0 Å². The Bertz CT molecular complexity index is 518. The van der Waals surface area contributed by atoms with Crippen LogP contribution in [0.4, 0.5) is 0 Å². The highest BCUT2D eigenvalue weighted by Gasteiger charge is 2.05. The number of phenolic OH excluding ortho intramolecular Hbond substituents is 1. The van der Waals surface area contributed by atoms with Gasteiger partial charge in [0, 0.05) is 0 Å². The van der Waals surface area contributed by atoms with Crippen molar-refractivity contribution in [3.63, 3.8) is 0 Å². The Kier molecular flexibility index (Phi) is 3.19. The predicted octanol–water partition coefficient (Wildman–Crippen LogP) is 4.24. The molecule has 0 fully saturated rings. The molecule has 1 heteroatoms. The van der Waals surface area contributed by atoms with E-state index in [0.717, 1.165) is 17.5 Å². The van der Waals surface area contributed by atoms with Crippen molar-refractivity contribution in [1.82, 2.24) is 0 Å². The van der Waals surface area contributed by atoms with Crippen LogP contribution >= 0.6 is 0 Å². The van der Waals surface area contributed by atoms with Gasteiger partial charge in [0.2, 0.25) is 0 Å². The summed E-state index contributed by atoms with van der Waals surface area (Å²) in [6.45, 7) is 6.04. The van der Waals surface area contributed by atoms with Crippen molar-refractivity contribution in [2.75, 3.05) is 0 Å². The van der Waals surface area contributed by atoms with Crippen LogP contribution in [0.2, 0.25) is 0 Å². The first-order valence-electron chi connectivity index (χ1n) is 6.01. The summed E-state index contributed by atoms with van der Waals surface area (Å²) >= 11 is 0. The first-order chi connectivity index (χ1) is 8.11. The minimum atomic E-state index is 0.403. The lowest BCUT2D eigenvalue weighted by atomic mass is 9.98. The molecule has 0 unspecified atom stereocenters. The summed E-state index contributed by atoms with van der Waals surface area (Å²) in [7, 11) is 0. The van der Waals surface area contributed by atoms with E-state index in [4.69, 9.17) is 0 Å². The minimum Gasteiger partial charge on any atom is -0.507 e. The highest BCUT2D eigenvalue weighted by Crippen LogP contribution is 2.29. The topological polar surface area (TPSA) is 20.2 Å². The maximum Gasteiger partial charge on any atom is 0.121 e. The third-order valence-electron chi connectivity index (χ3n) is 3.16. The lowest BCUT2D eigenvalue weighted by Gasteiger charge is -2.09. The number of benzene rings is 2. The second-order valence-electron chi connectivity index (χ2n) is 4.51. The SMILES string of the molecule is CCc1cccc(-c2cc(C)c(O)c(C)c2)c1. The summed E-state index contributed by atoms with van der Waals surface area (Å²) < 4.78 is 0. The maximum absolute atomic E-state index is 9.78. The van der Waals surface area contributed by atoms with Gasteiger partial charge in [-0.15, -0.1) is 0 Å². The summed E-state index contributed by atoms with van der Waals surface area (Å²) in [5.41, 5.74) is 5.60. The Morgan fingerprint density at radius 1 is 0.941 bits per heavy atom. The standard InChI is InChI=1S/C16H18O/c1-4-13-6-5-7-14(10-13)15-8-11(2)16(17)12(3)9-15/h5-10,17H,4H2,1-3H3. The van der Waals surface area contributed by atoms with Gasteiger partial charge < -0.3 is 5.11 Å². The average molecular weight is 226 g/mol. The van der Waals surface area contributed by atoms with Gasteiger partial charge in [0.05, 0.1) is 0 Å². The van der Waals surface area contributed by atoms with Crippen LogP contribution in [0.3, 0.4) is 0 Å². The zero-order valence-electron chi connectivity index (χ0n) is 10.6. The van der Waals surface area contributed by atoms with E-state index in [1.54, 1.807) is 0 Å². The monoisotopic (exact) mass is 226 g/mol. The molecule has 0 saturated carbocycles. The maximum atomic E-state index is 9.78. The molecule has 0 aliphatic rings. The molecule has 88 valence electrons. The van der Waals surface area contributed by atoms with Crippen molar-refractivity contribution < 1.29 is 5.11 Å². The van der Waals surface area contributed by atoms with Crippen molar-refractivity contribution in [2.24, 2.45) is 0 Å². The first-order valence-corrected chi connectivity index (χ1v) is 6.01. The Hall–Kier alpha value is -1.76. The quantitative estimate of drug-likeness (QED) is 0.812. The van der Waals surface area contributed by atoms with Crippen LogP contribution in [-0.2, 0) is 6.42 Å². The molecular weight excluding hydrogens is 208 g/mol. The molecule has 2 aromatic carbocycles. The molecule has 0 atom stereocenters. The van der Waals surface area contributed by atoms with Crippen LogP contribution in [0.15, 0.2) is 36.4 Å². The fourth-order valence-electron chi connectivity index (χ4n) is 2.09. The Morgan fingerprint density at radius 2 is 1.59 bits per heavy atom. The number of hydrogen-bond acceptors (Lipinski definition) is 1. The molecular formula is C16H18O. The van der Waals surface area contributed by atoms with Gasteiger partial charge in [-0.2, -0.15) is 0 Å². The fraction of sp³-hybridized carbons (Fsp3) is 0.250. The van der Waals surface area contributed by atoms with E-state index >= 15 is 0 Å². The highest BCUT2D eigenvalue weighted by atomic mass is 16.3. The van der Waals surface area contributed by atoms with Gasteiger partial charge in [-0.05, 0) is 60.2 Å². The number of aryl methyl sites for hydroxylation is 3. The van der Waals surface area contributed by atoms with Crippen LogP contribution in [0.25, 0.3) is 11.1 Å². The van der Waals surface area contributed by atoms with Crippen LogP contribution < -0.4 is 0 Å². The molecule has 1 N–H and O–H groups in total. The average Bonchev–Trinajstić information content (AvgIpc) is 2.35. The minimum absolute atomic E-state index is 0.403. The largest absolute Gasteiger partial charge is 0.507 e. The third-order valence-corrected chi connectivity index (χ3v) is 3.16. The zero-order chi connectivity index (χ0) is 12.4. The van der Waals surface area contributed by atoms with Crippen molar-refractivity contribution in [1.29, 1.82) is 0 Å². The highest BCUT2D eigenvalue weighted by molar-refractivity contribution is 5.67. The van der Waals surface area contributed by atoms with E-state index in [0.29, 0.717) is 5.75 Å². The lowest BCUT2D eigenvalue weighted by Crippen LogP contribution is -1.86. The Morgan fingerprint density at radius 3 is 2.18 bits per heavy atom. The summed E-state index contributed by atoms with van der Waals surface area (Å²) in [5.74, 6) is 0.403. The van der Waals surface area contributed by atoms with Crippen LogP contribution in [-0.4, -0.2) is 5.11 Å². The summed E-state index contributed by atoms with van der Waals surface area (Å²) in [4.78, 5) is 0. The van der Waals surface area contributed by atoms with E-state index in [9.17, 15) is 5.11 Å². The van der Waals surface area contributed by atoms with E-state index in [2.05, 4.69) is 31.2 Å². The van der Waals surface area contributed by atoms with Crippen LogP contribution in [0, 0.1) is 13.8 Å². The molecule has 0 radical (unpaired) electrons. The van der Waals surface area contributed by atoms with Gasteiger partial charge in [0.1, 0.15) is 5.75 Å². The molecule has 2 aromatic rings. The van der Waals surface area contributed by atoms with Crippen molar-refractivity contribution in [3.05, 3.63) is 53.1 Å². The molecule has 17 heavy (non-hydrogen) atoms. The van der Waals surface area contributed by atoms with Gasteiger partial charge in [0.25, 0.3) is 0 Å². The van der Waals surface area contributed by atoms with Crippen LogP contribution in [0.5, 0.6) is 5.75 Å². The smallest absolute Gasteiger partial charge is 0.121 e. The van der Waals surface area contributed by atoms with Crippen molar-refractivity contribution in [3.8, 4) is 16.9 Å². The lowest BCUT2D eigenvalue weighted by molar-refractivity contribution is 0.467. The molecule has 0 aliphatic carbocycles. The number of phenols is 1. The van der Waals surface area contributed by atoms with Gasteiger partial charge >= 0.3 is 0 Å². The molecule has 2 rings (SSSR count). The molecule has 0 heterocycles. The molecule has 0 aliphatic heterocycles. The Labute approximate surface area is 103 Å². The summed E-state index contributed by atoms with van der Waals surface area (Å²) in [5, 5.41) is 9.78. The number of hydrogen-bond donors (Lipinski definition) is 1. The van der Waals surface area contributed by atoms with E-state index in [1.165, 1.54) is 16.7 Å². The molecule has 0 amide bonds. The first kappa shape index (κ1) is 11.7. The normalized spacial score (nSPS) is 10.5. The van der Waals surface area contributed by atoms with Crippen molar-refractivity contribution >= 4 is 0 Å². The fourth-order valence-corrected chi connectivity index (χ4v) is 2.09. The van der Waals surface area contributed by atoms with Crippen LogP contribution in [0.1, 0.15) is 23.6 Å². The van der Waals surface area contributed by atoms with Gasteiger partial charge in [0.15, 0.2) is 0 Å². The number of rotatable bonds is 2. The van der Waals surface area contributed by atoms with Crippen molar-refractivity contribution in [2.45, 2.75) is 27.2 Å². The molecule has 0 aromatic heterocycles.